The van der Waals surface area contributed by atoms with Crippen LogP contribution in [0.3, 0.4) is 0 Å². The summed E-state index contributed by atoms with van der Waals surface area (Å²) in [4.78, 5) is 97.7. The average molecular weight is 790 g/mol. The van der Waals surface area contributed by atoms with E-state index in [1.165, 1.54) is 26.8 Å². The fourth-order valence-corrected chi connectivity index (χ4v) is 7.96. The van der Waals surface area contributed by atoms with Gasteiger partial charge in [0.2, 0.25) is 35.4 Å². The molecule has 57 heavy (non-hydrogen) atoms. The summed E-state index contributed by atoms with van der Waals surface area (Å²) in [7, 11) is 0. The summed E-state index contributed by atoms with van der Waals surface area (Å²) in [6.07, 6.45) is 3.59. The lowest BCUT2D eigenvalue weighted by atomic mass is 9.99. The Kier molecular flexibility index (Phi) is 14.6. The fraction of sp³-hybridized carbons (Fsp3) is 0.537. The molecule has 6 amide bonds. The van der Waals surface area contributed by atoms with E-state index in [1.54, 1.807) is 19.1 Å². The molecule has 0 aromatic heterocycles. The van der Waals surface area contributed by atoms with Crippen LogP contribution in [0.15, 0.2) is 54.6 Å². The number of aromatic hydroxyl groups is 1. The highest BCUT2D eigenvalue weighted by Gasteiger charge is 2.42. The van der Waals surface area contributed by atoms with Crippen LogP contribution in [0.25, 0.3) is 0 Å². The molecule has 0 saturated carbocycles. The monoisotopic (exact) mass is 789 g/mol. The normalized spacial score (nSPS) is 21.3. The van der Waals surface area contributed by atoms with Crippen molar-refractivity contribution in [2.45, 2.75) is 108 Å². The number of nitrogens with zero attached hydrogens (tertiary/aromatic N) is 3. The first-order valence-corrected chi connectivity index (χ1v) is 19.9. The van der Waals surface area contributed by atoms with Crippen LogP contribution >= 0.6 is 0 Å². The Bertz CT molecular complexity index is 1780. The number of hydrogen-bond donors (Lipinski definition) is 6. The summed E-state index contributed by atoms with van der Waals surface area (Å²) >= 11 is 0. The van der Waals surface area contributed by atoms with Crippen LogP contribution in [0, 0.1) is 5.92 Å². The molecule has 0 spiro atoms. The van der Waals surface area contributed by atoms with Gasteiger partial charge in [-0.15, -0.1) is 0 Å². The number of hydrogen-bond acceptors (Lipinski definition) is 9. The lowest BCUT2D eigenvalue weighted by molar-refractivity contribution is -0.145. The van der Waals surface area contributed by atoms with Gasteiger partial charge in [-0.05, 0) is 74.1 Å². The number of phenolic OH excluding ortho intramolecular Hbond substituents is 1. The van der Waals surface area contributed by atoms with Gasteiger partial charge in [-0.3, -0.25) is 28.8 Å². The quantitative estimate of drug-likeness (QED) is 0.139. The maximum absolute atomic E-state index is 14.3. The van der Waals surface area contributed by atoms with E-state index in [4.69, 9.17) is 5.73 Å². The van der Waals surface area contributed by atoms with Gasteiger partial charge in [0.15, 0.2) is 0 Å². The zero-order valence-electron chi connectivity index (χ0n) is 32.6. The van der Waals surface area contributed by atoms with E-state index >= 15 is 0 Å². The lowest BCUT2D eigenvalue weighted by Gasteiger charge is -2.31. The third-order valence-electron chi connectivity index (χ3n) is 11.3. The first kappa shape index (κ1) is 42.6. The van der Waals surface area contributed by atoms with Crippen molar-refractivity contribution in [2.24, 2.45) is 11.7 Å². The van der Waals surface area contributed by atoms with Gasteiger partial charge >= 0.3 is 5.97 Å². The predicted octanol–water partition coefficient (Wildman–Crippen LogP) is 0.694. The second-order valence-electron chi connectivity index (χ2n) is 15.3. The minimum absolute atomic E-state index is 0.0934. The summed E-state index contributed by atoms with van der Waals surface area (Å²) in [5.74, 6) is -4.34. The third-order valence-corrected chi connectivity index (χ3v) is 11.3. The Morgan fingerprint density at radius 1 is 0.719 bits per heavy atom. The summed E-state index contributed by atoms with van der Waals surface area (Å²) < 4.78 is 0. The van der Waals surface area contributed by atoms with Crippen molar-refractivity contribution in [3.63, 3.8) is 0 Å². The van der Waals surface area contributed by atoms with Gasteiger partial charge in [-0.25, -0.2) is 4.79 Å². The molecule has 0 radical (unpaired) electrons. The molecule has 2 aromatic rings. The molecule has 5 rings (SSSR count). The van der Waals surface area contributed by atoms with Crippen LogP contribution in [0.4, 0.5) is 0 Å². The van der Waals surface area contributed by atoms with Crippen molar-refractivity contribution < 1.29 is 43.8 Å². The number of nitrogens with two attached hydrogens (primary N) is 1. The van der Waals surface area contributed by atoms with Gasteiger partial charge in [0, 0.05) is 26.1 Å². The summed E-state index contributed by atoms with van der Waals surface area (Å²) in [5, 5.41) is 27.4. The van der Waals surface area contributed by atoms with Gasteiger partial charge in [0.05, 0.1) is 12.6 Å². The first-order valence-electron chi connectivity index (χ1n) is 19.9. The molecular weight excluding hydrogens is 734 g/mol. The largest absolute Gasteiger partial charge is 0.508 e. The second-order valence-corrected chi connectivity index (χ2v) is 15.3. The van der Waals surface area contributed by atoms with Crippen LogP contribution in [-0.2, 0) is 46.4 Å². The molecule has 308 valence electrons. The molecule has 3 aliphatic rings. The van der Waals surface area contributed by atoms with E-state index in [-0.39, 0.29) is 37.6 Å². The summed E-state index contributed by atoms with van der Waals surface area (Å²) in [6, 6.07) is 9.81. The van der Waals surface area contributed by atoms with Gasteiger partial charge in [-0.1, -0.05) is 62.7 Å². The van der Waals surface area contributed by atoms with Crippen molar-refractivity contribution in [1.29, 1.82) is 0 Å². The Morgan fingerprint density at radius 2 is 1.25 bits per heavy atom. The molecule has 0 bridgehead atoms. The average Bonchev–Trinajstić information content (AvgIpc) is 4.01. The van der Waals surface area contributed by atoms with E-state index < -0.39 is 84.2 Å². The molecule has 3 heterocycles. The molecule has 0 unspecified atom stereocenters. The van der Waals surface area contributed by atoms with E-state index in [1.807, 2.05) is 37.3 Å². The molecule has 2 aromatic carbocycles. The van der Waals surface area contributed by atoms with Crippen molar-refractivity contribution in [1.82, 2.24) is 30.7 Å². The third kappa shape index (κ3) is 10.7. The Balaban J connectivity index is 1.22. The number of amides is 6. The number of benzene rings is 2. The zero-order chi connectivity index (χ0) is 41.2. The minimum atomic E-state index is -1.15. The highest BCUT2D eigenvalue weighted by molar-refractivity contribution is 5.97. The zero-order valence-corrected chi connectivity index (χ0v) is 32.6. The lowest BCUT2D eigenvalue weighted by Crippen LogP contribution is -2.58. The molecule has 3 fully saturated rings. The number of phenols is 1. The Labute approximate surface area is 332 Å². The first-order chi connectivity index (χ1) is 27.3. The highest BCUT2D eigenvalue weighted by Crippen LogP contribution is 2.24. The van der Waals surface area contributed by atoms with Crippen LogP contribution in [0.5, 0.6) is 5.75 Å². The number of carbonyl (C=O) groups is 7. The molecule has 3 aliphatic heterocycles. The maximum atomic E-state index is 14.3. The Morgan fingerprint density at radius 3 is 1.84 bits per heavy atom. The number of rotatable bonds is 16. The molecule has 7 N–H and O–H groups in total. The van der Waals surface area contributed by atoms with Crippen LogP contribution in [0.2, 0.25) is 0 Å². The van der Waals surface area contributed by atoms with Crippen LogP contribution in [-0.4, -0.2) is 129 Å². The molecular formula is C41H55N7O9. The number of carboxylic acids is 1. The molecule has 0 aliphatic carbocycles. The summed E-state index contributed by atoms with van der Waals surface area (Å²) in [6.45, 7) is 3.99. The molecule has 16 nitrogen and oxygen atoms in total. The highest BCUT2D eigenvalue weighted by atomic mass is 16.4. The number of carbonyl (C=O) groups excluding carboxylic acids is 6. The topological polar surface area (TPSA) is 232 Å². The molecule has 7 atom stereocenters. The number of carboxylic acid groups (broad SMARTS) is 1. The number of likely N-dealkylation sites (tertiary alicyclic amines) is 3. The number of nitrogens with one attached hydrogen (secondary N) is 3. The van der Waals surface area contributed by atoms with Crippen molar-refractivity contribution in [3.05, 3.63) is 65.7 Å². The molecule has 16 heteroatoms. The van der Waals surface area contributed by atoms with Gasteiger partial charge < -0.3 is 46.6 Å². The SMILES string of the molecule is CC[C@@H](C)[C@H](NC(=O)[C@@H]1CCCN1C(=O)CNC(=O)[C@@H]1CCCN1C(=O)[C@H](Cc1ccccc1)NC(=O)[C@@H]1CCCN1C(=O)[C@@H](N)Cc1ccc(O)cc1)C(=O)O. The van der Waals surface area contributed by atoms with Crippen LogP contribution in [0.1, 0.15) is 69.9 Å². The standard InChI is InChI=1S/C41H55N7O9/c1-3-25(2)35(41(56)57)45-38(53)32-13-7-19-46(32)34(50)24-43-36(51)31-12-8-21-48(31)40(55)30(23-26-10-5-4-6-11-26)44-37(52)33-14-9-20-47(33)39(54)29(42)22-27-15-17-28(49)18-16-27/h4-6,10-11,15-18,25,29-33,35,49H,3,7-9,12-14,19-24,42H2,1-2H3,(H,43,51)(H,44,52)(H,45,53)(H,56,57)/t25-,29+,30+,31+,32+,33+,35+/m1/s1. The molecule has 3 saturated heterocycles. The predicted molar refractivity (Wildman–Crippen MR) is 208 cm³/mol. The summed E-state index contributed by atoms with van der Waals surface area (Å²) in [5.41, 5.74) is 7.84. The van der Waals surface area contributed by atoms with E-state index in [9.17, 15) is 43.8 Å². The van der Waals surface area contributed by atoms with E-state index in [0.717, 1.165) is 11.1 Å². The van der Waals surface area contributed by atoms with E-state index in [2.05, 4.69) is 16.0 Å². The maximum Gasteiger partial charge on any atom is 0.326 e. The second kappa shape index (κ2) is 19.6. The van der Waals surface area contributed by atoms with Gasteiger partial charge in [0.1, 0.15) is 36.0 Å². The smallest absolute Gasteiger partial charge is 0.326 e. The van der Waals surface area contributed by atoms with Crippen LogP contribution < -0.4 is 21.7 Å². The van der Waals surface area contributed by atoms with Crippen molar-refractivity contribution in [2.75, 3.05) is 26.2 Å². The van der Waals surface area contributed by atoms with Crippen molar-refractivity contribution in [3.8, 4) is 5.75 Å². The van der Waals surface area contributed by atoms with Gasteiger partial charge in [-0.2, -0.15) is 0 Å². The van der Waals surface area contributed by atoms with Crippen molar-refractivity contribution >= 4 is 41.4 Å². The fourth-order valence-electron chi connectivity index (χ4n) is 7.96. The van der Waals surface area contributed by atoms with E-state index in [0.29, 0.717) is 51.5 Å². The van der Waals surface area contributed by atoms with Gasteiger partial charge in [0.25, 0.3) is 0 Å². The number of aliphatic carboxylic acids is 1. The minimum Gasteiger partial charge on any atom is -0.508 e. The Hall–Kier alpha value is -5.51.